The first-order chi connectivity index (χ1) is 8.09. The van der Waals surface area contributed by atoms with Gasteiger partial charge < -0.3 is 9.84 Å². The zero-order chi connectivity index (χ0) is 12.3. The number of hydrogen-bond donors (Lipinski definition) is 1. The van der Waals surface area contributed by atoms with Crippen LogP contribution in [-0.4, -0.2) is 48.0 Å². The molecule has 1 heterocycles. The molecule has 0 aromatic heterocycles. The Hall–Kier alpha value is -0.120. The van der Waals surface area contributed by atoms with E-state index in [-0.39, 0.29) is 18.3 Å². The van der Waals surface area contributed by atoms with Crippen molar-refractivity contribution in [1.82, 2.24) is 4.90 Å². The minimum Gasteiger partial charge on any atom is -0.394 e. The largest absolute Gasteiger partial charge is 0.394 e. The van der Waals surface area contributed by atoms with E-state index >= 15 is 0 Å². The highest BCUT2D eigenvalue weighted by atomic mass is 16.5. The lowest BCUT2D eigenvalue weighted by atomic mass is 9.88. The topological polar surface area (TPSA) is 32.7 Å². The molecule has 1 aliphatic carbocycles. The van der Waals surface area contributed by atoms with Gasteiger partial charge in [-0.3, -0.25) is 4.90 Å². The van der Waals surface area contributed by atoms with Crippen molar-refractivity contribution in [2.45, 2.75) is 57.7 Å². The molecule has 0 radical (unpaired) electrons. The summed E-state index contributed by atoms with van der Waals surface area (Å²) in [5, 5.41) is 9.30. The van der Waals surface area contributed by atoms with Crippen LogP contribution in [0.2, 0.25) is 0 Å². The summed E-state index contributed by atoms with van der Waals surface area (Å²) < 4.78 is 5.85. The van der Waals surface area contributed by atoms with Crippen LogP contribution in [0, 0.1) is 5.92 Å². The Morgan fingerprint density at radius 2 is 1.94 bits per heavy atom. The van der Waals surface area contributed by atoms with Crippen molar-refractivity contribution in [3.05, 3.63) is 0 Å². The van der Waals surface area contributed by atoms with Crippen molar-refractivity contribution in [1.29, 1.82) is 0 Å². The van der Waals surface area contributed by atoms with E-state index in [1.807, 2.05) is 0 Å². The average Bonchev–Trinajstić information content (AvgIpc) is 2.28. The molecule has 1 saturated carbocycles. The van der Waals surface area contributed by atoms with Gasteiger partial charge in [-0.05, 0) is 32.6 Å². The molecule has 1 aliphatic heterocycles. The summed E-state index contributed by atoms with van der Waals surface area (Å²) in [5.74, 6) is 0.872. The van der Waals surface area contributed by atoms with Gasteiger partial charge in [0.15, 0.2) is 0 Å². The van der Waals surface area contributed by atoms with E-state index in [2.05, 4.69) is 18.7 Å². The minimum atomic E-state index is -0.111. The Balaban J connectivity index is 1.86. The van der Waals surface area contributed by atoms with Crippen molar-refractivity contribution in [3.63, 3.8) is 0 Å². The van der Waals surface area contributed by atoms with E-state index in [0.29, 0.717) is 0 Å². The molecular formula is C14H27NO2. The molecule has 1 saturated heterocycles. The first kappa shape index (κ1) is 13.3. The molecule has 0 aromatic carbocycles. The predicted octanol–water partition coefficient (Wildman–Crippen LogP) is 2.04. The van der Waals surface area contributed by atoms with E-state index in [9.17, 15) is 5.11 Å². The molecule has 0 amide bonds. The van der Waals surface area contributed by atoms with Crippen LogP contribution in [0.25, 0.3) is 0 Å². The second-order valence-electron chi connectivity index (χ2n) is 6.38. The van der Waals surface area contributed by atoms with Crippen LogP contribution in [-0.2, 0) is 4.74 Å². The summed E-state index contributed by atoms with van der Waals surface area (Å²) in [7, 11) is 0. The fourth-order valence-corrected chi connectivity index (χ4v) is 3.39. The summed E-state index contributed by atoms with van der Waals surface area (Å²) >= 11 is 0. The van der Waals surface area contributed by atoms with E-state index in [4.69, 9.17) is 4.74 Å². The Kier molecular flexibility index (Phi) is 4.45. The molecule has 17 heavy (non-hydrogen) atoms. The Labute approximate surface area is 105 Å². The number of aliphatic hydroxyl groups is 1. The molecule has 1 N–H and O–H groups in total. The van der Waals surface area contributed by atoms with Gasteiger partial charge in [0.2, 0.25) is 0 Å². The number of rotatable bonds is 3. The van der Waals surface area contributed by atoms with Gasteiger partial charge >= 0.3 is 0 Å². The highest BCUT2D eigenvalue weighted by molar-refractivity contribution is 4.85. The summed E-state index contributed by atoms with van der Waals surface area (Å²) in [5.41, 5.74) is -0.111. The third kappa shape index (κ3) is 3.94. The van der Waals surface area contributed by atoms with Crippen molar-refractivity contribution >= 4 is 0 Å². The maximum Gasteiger partial charge on any atom is 0.0940 e. The minimum absolute atomic E-state index is 0.00217. The number of hydrogen-bond acceptors (Lipinski definition) is 3. The molecule has 0 spiro atoms. The lowest BCUT2D eigenvalue weighted by Gasteiger charge is -2.43. The van der Waals surface area contributed by atoms with Gasteiger partial charge in [0.25, 0.3) is 0 Å². The molecule has 2 rings (SSSR count). The molecular weight excluding hydrogens is 214 g/mol. The Bertz CT molecular complexity index is 236. The molecule has 0 bridgehead atoms. The second-order valence-corrected chi connectivity index (χ2v) is 6.38. The lowest BCUT2D eigenvalue weighted by molar-refractivity contribution is -0.151. The van der Waals surface area contributed by atoms with E-state index in [0.717, 1.165) is 19.0 Å². The van der Waals surface area contributed by atoms with Gasteiger partial charge in [-0.25, -0.2) is 0 Å². The van der Waals surface area contributed by atoms with Gasteiger partial charge in [-0.1, -0.05) is 19.3 Å². The van der Waals surface area contributed by atoms with Gasteiger partial charge in [-0.2, -0.15) is 0 Å². The molecule has 0 aromatic rings. The van der Waals surface area contributed by atoms with Gasteiger partial charge in [0.05, 0.1) is 18.3 Å². The highest BCUT2D eigenvalue weighted by Crippen LogP contribution is 2.27. The quantitative estimate of drug-likeness (QED) is 0.821. The zero-order valence-corrected chi connectivity index (χ0v) is 11.3. The van der Waals surface area contributed by atoms with Crippen LogP contribution >= 0.6 is 0 Å². The molecule has 3 nitrogen and oxygen atoms in total. The van der Waals surface area contributed by atoms with E-state index < -0.39 is 0 Å². The van der Waals surface area contributed by atoms with Gasteiger partial charge in [0, 0.05) is 19.6 Å². The first-order valence-corrected chi connectivity index (χ1v) is 7.10. The van der Waals surface area contributed by atoms with Crippen molar-refractivity contribution in [2.24, 2.45) is 5.92 Å². The average molecular weight is 241 g/mol. The summed E-state index contributed by atoms with van der Waals surface area (Å²) in [6.45, 7) is 7.50. The first-order valence-electron chi connectivity index (χ1n) is 7.10. The van der Waals surface area contributed by atoms with E-state index in [1.54, 1.807) is 0 Å². The van der Waals surface area contributed by atoms with Gasteiger partial charge in [0.1, 0.15) is 0 Å². The van der Waals surface area contributed by atoms with Crippen LogP contribution in [0.4, 0.5) is 0 Å². The number of aliphatic hydroxyl groups excluding tert-OH is 1. The molecule has 2 fully saturated rings. The molecule has 2 aliphatic rings. The number of ether oxygens (including phenoxy) is 1. The third-order valence-corrected chi connectivity index (χ3v) is 4.00. The standard InChI is InChI=1S/C14H27NO2/c1-14(2)11-15(9-13(10-16)17-14)8-12-6-4-3-5-7-12/h12-13,16H,3-11H2,1-2H3. The Morgan fingerprint density at radius 1 is 1.24 bits per heavy atom. The molecule has 100 valence electrons. The maximum absolute atomic E-state index is 9.30. The fourth-order valence-electron chi connectivity index (χ4n) is 3.39. The van der Waals surface area contributed by atoms with Crippen LogP contribution in [0.5, 0.6) is 0 Å². The summed E-state index contributed by atoms with van der Waals surface area (Å²) in [4.78, 5) is 2.50. The lowest BCUT2D eigenvalue weighted by Crippen LogP contribution is -2.54. The maximum atomic E-state index is 9.30. The highest BCUT2D eigenvalue weighted by Gasteiger charge is 2.33. The van der Waals surface area contributed by atoms with Crippen molar-refractivity contribution < 1.29 is 9.84 Å². The molecule has 3 heteroatoms. The molecule has 1 atom stereocenters. The monoisotopic (exact) mass is 241 g/mol. The normalized spacial score (nSPS) is 31.6. The number of nitrogens with zero attached hydrogens (tertiary/aromatic N) is 1. The van der Waals surface area contributed by atoms with Gasteiger partial charge in [-0.15, -0.1) is 0 Å². The number of morpholine rings is 1. The van der Waals surface area contributed by atoms with Crippen molar-refractivity contribution in [2.75, 3.05) is 26.2 Å². The molecule has 1 unspecified atom stereocenters. The Morgan fingerprint density at radius 3 is 2.59 bits per heavy atom. The SMILES string of the molecule is CC1(C)CN(CC2CCCCC2)CC(CO)O1. The zero-order valence-electron chi connectivity index (χ0n) is 11.3. The fraction of sp³-hybridized carbons (Fsp3) is 1.00. The van der Waals surface area contributed by atoms with Crippen LogP contribution in [0.15, 0.2) is 0 Å². The van der Waals surface area contributed by atoms with Crippen LogP contribution in [0.3, 0.4) is 0 Å². The van der Waals surface area contributed by atoms with Crippen LogP contribution in [0.1, 0.15) is 46.0 Å². The smallest absolute Gasteiger partial charge is 0.0940 e. The second kappa shape index (κ2) is 5.68. The summed E-state index contributed by atoms with van der Waals surface area (Å²) in [6, 6.07) is 0. The summed E-state index contributed by atoms with van der Waals surface area (Å²) in [6.07, 6.45) is 7.01. The third-order valence-electron chi connectivity index (χ3n) is 4.00. The predicted molar refractivity (Wildman–Crippen MR) is 69.1 cm³/mol. The van der Waals surface area contributed by atoms with E-state index in [1.165, 1.54) is 38.6 Å². The van der Waals surface area contributed by atoms with Crippen molar-refractivity contribution in [3.8, 4) is 0 Å². The van der Waals surface area contributed by atoms with Crippen LogP contribution < -0.4 is 0 Å².